The van der Waals surface area contributed by atoms with Gasteiger partial charge in [-0.1, -0.05) is 31.2 Å². The standard InChI is InChI=1S/C17H20FNO/c1-3-10-20-17-7-5-4-6-16(17)19-12-14-9-8-13(2)15(18)11-14/h4-9,11,19H,3,10,12H2,1-2H3. The van der Waals surface area contributed by atoms with Crippen LogP contribution in [0.25, 0.3) is 0 Å². The van der Waals surface area contributed by atoms with Crippen molar-refractivity contribution in [1.29, 1.82) is 0 Å². The van der Waals surface area contributed by atoms with Crippen molar-refractivity contribution < 1.29 is 9.13 Å². The topological polar surface area (TPSA) is 21.3 Å². The molecule has 0 spiro atoms. The Morgan fingerprint density at radius 1 is 1.15 bits per heavy atom. The number of anilines is 1. The molecule has 0 aliphatic carbocycles. The molecule has 0 bridgehead atoms. The third-order valence-corrected chi connectivity index (χ3v) is 3.07. The van der Waals surface area contributed by atoms with Crippen LogP contribution >= 0.6 is 0 Å². The minimum atomic E-state index is -0.167. The molecule has 0 heterocycles. The minimum Gasteiger partial charge on any atom is -0.491 e. The summed E-state index contributed by atoms with van der Waals surface area (Å²) in [6.45, 7) is 5.10. The fourth-order valence-corrected chi connectivity index (χ4v) is 1.89. The first-order chi connectivity index (χ1) is 9.70. The lowest BCUT2D eigenvalue weighted by Crippen LogP contribution is -2.03. The molecule has 0 amide bonds. The van der Waals surface area contributed by atoms with Gasteiger partial charge in [-0.3, -0.25) is 0 Å². The fraction of sp³-hybridized carbons (Fsp3) is 0.294. The predicted octanol–water partition coefficient (Wildman–Crippen LogP) is 4.54. The van der Waals surface area contributed by atoms with Gasteiger partial charge in [-0.25, -0.2) is 4.39 Å². The lowest BCUT2D eigenvalue weighted by molar-refractivity contribution is 0.319. The molecule has 0 radical (unpaired) electrons. The Labute approximate surface area is 119 Å². The molecule has 0 saturated carbocycles. The van der Waals surface area contributed by atoms with Gasteiger partial charge in [-0.2, -0.15) is 0 Å². The highest BCUT2D eigenvalue weighted by atomic mass is 19.1. The molecule has 0 aliphatic heterocycles. The second-order valence-corrected chi connectivity index (χ2v) is 4.78. The fourth-order valence-electron chi connectivity index (χ4n) is 1.89. The maximum atomic E-state index is 13.5. The van der Waals surface area contributed by atoms with Crippen molar-refractivity contribution in [1.82, 2.24) is 0 Å². The van der Waals surface area contributed by atoms with Gasteiger partial charge in [0.2, 0.25) is 0 Å². The van der Waals surface area contributed by atoms with E-state index in [4.69, 9.17) is 4.74 Å². The van der Waals surface area contributed by atoms with Crippen LogP contribution < -0.4 is 10.1 Å². The number of hydrogen-bond acceptors (Lipinski definition) is 2. The van der Waals surface area contributed by atoms with Gasteiger partial charge in [0.05, 0.1) is 12.3 Å². The summed E-state index contributed by atoms with van der Waals surface area (Å²) in [7, 11) is 0. The molecule has 0 atom stereocenters. The van der Waals surface area contributed by atoms with Crippen LogP contribution in [0, 0.1) is 12.7 Å². The van der Waals surface area contributed by atoms with E-state index in [1.54, 1.807) is 19.1 Å². The summed E-state index contributed by atoms with van der Waals surface area (Å²) in [5, 5.41) is 3.29. The van der Waals surface area contributed by atoms with E-state index in [-0.39, 0.29) is 5.82 Å². The number of benzene rings is 2. The van der Waals surface area contributed by atoms with E-state index in [0.717, 1.165) is 23.4 Å². The highest BCUT2D eigenvalue weighted by Crippen LogP contribution is 2.24. The Morgan fingerprint density at radius 2 is 1.95 bits per heavy atom. The second kappa shape index (κ2) is 6.94. The summed E-state index contributed by atoms with van der Waals surface area (Å²) in [5.41, 5.74) is 2.51. The monoisotopic (exact) mass is 273 g/mol. The number of hydrogen-bond donors (Lipinski definition) is 1. The zero-order valence-electron chi connectivity index (χ0n) is 11.9. The zero-order valence-corrected chi connectivity index (χ0v) is 11.9. The summed E-state index contributed by atoms with van der Waals surface area (Å²) >= 11 is 0. The van der Waals surface area contributed by atoms with E-state index in [0.29, 0.717) is 18.7 Å². The number of ether oxygens (including phenoxy) is 1. The van der Waals surface area contributed by atoms with Crippen molar-refractivity contribution in [2.24, 2.45) is 0 Å². The van der Waals surface area contributed by atoms with Crippen LogP contribution in [0.1, 0.15) is 24.5 Å². The van der Waals surface area contributed by atoms with E-state index in [1.807, 2.05) is 30.3 Å². The van der Waals surface area contributed by atoms with Crippen LogP contribution in [-0.2, 0) is 6.54 Å². The molecule has 2 aromatic carbocycles. The molecular formula is C17H20FNO. The van der Waals surface area contributed by atoms with Gasteiger partial charge in [-0.05, 0) is 42.7 Å². The smallest absolute Gasteiger partial charge is 0.142 e. The number of aryl methyl sites for hydroxylation is 1. The average molecular weight is 273 g/mol. The first-order valence-electron chi connectivity index (χ1n) is 6.91. The molecule has 0 saturated heterocycles. The van der Waals surface area contributed by atoms with Crippen molar-refractivity contribution >= 4 is 5.69 Å². The van der Waals surface area contributed by atoms with Gasteiger partial charge < -0.3 is 10.1 Å². The summed E-state index contributed by atoms with van der Waals surface area (Å²) in [6.07, 6.45) is 0.970. The van der Waals surface area contributed by atoms with Crippen molar-refractivity contribution in [2.75, 3.05) is 11.9 Å². The Balaban J connectivity index is 2.04. The molecule has 3 heteroatoms. The Bertz CT molecular complexity index is 569. The molecule has 1 N–H and O–H groups in total. The van der Waals surface area contributed by atoms with Gasteiger partial charge in [0.15, 0.2) is 0 Å². The normalized spacial score (nSPS) is 10.3. The largest absolute Gasteiger partial charge is 0.491 e. The molecule has 0 aromatic heterocycles. The molecular weight excluding hydrogens is 253 g/mol. The predicted molar refractivity (Wildman–Crippen MR) is 80.7 cm³/mol. The van der Waals surface area contributed by atoms with Gasteiger partial charge in [0, 0.05) is 6.54 Å². The lowest BCUT2D eigenvalue weighted by atomic mass is 10.1. The zero-order chi connectivity index (χ0) is 14.4. The maximum absolute atomic E-state index is 13.5. The number of rotatable bonds is 6. The maximum Gasteiger partial charge on any atom is 0.142 e. The lowest BCUT2D eigenvalue weighted by Gasteiger charge is -2.13. The van der Waals surface area contributed by atoms with E-state index in [9.17, 15) is 4.39 Å². The number of nitrogens with one attached hydrogen (secondary N) is 1. The molecule has 0 aliphatic rings. The van der Waals surface area contributed by atoms with Gasteiger partial charge in [-0.15, -0.1) is 0 Å². The van der Waals surface area contributed by atoms with Gasteiger partial charge >= 0.3 is 0 Å². The Kier molecular flexibility index (Phi) is 4.99. The summed E-state index contributed by atoms with van der Waals surface area (Å²) in [5.74, 6) is 0.668. The first kappa shape index (κ1) is 14.4. The molecule has 0 unspecified atom stereocenters. The average Bonchev–Trinajstić information content (AvgIpc) is 2.47. The number of para-hydroxylation sites is 2. The van der Waals surface area contributed by atoms with E-state index in [1.165, 1.54) is 0 Å². The quantitative estimate of drug-likeness (QED) is 0.834. The van der Waals surface area contributed by atoms with Crippen molar-refractivity contribution in [3.05, 3.63) is 59.4 Å². The Hall–Kier alpha value is -2.03. The summed E-state index contributed by atoms with van der Waals surface area (Å²) in [6, 6.07) is 13.1. The van der Waals surface area contributed by atoms with Crippen LogP contribution in [0.2, 0.25) is 0 Å². The highest BCUT2D eigenvalue weighted by Gasteiger charge is 2.03. The third kappa shape index (κ3) is 3.73. The van der Waals surface area contributed by atoms with Crippen LogP contribution in [0.15, 0.2) is 42.5 Å². The molecule has 20 heavy (non-hydrogen) atoms. The molecule has 0 fully saturated rings. The Morgan fingerprint density at radius 3 is 2.70 bits per heavy atom. The second-order valence-electron chi connectivity index (χ2n) is 4.78. The van der Waals surface area contributed by atoms with E-state index in [2.05, 4.69) is 12.2 Å². The van der Waals surface area contributed by atoms with Crippen LogP contribution in [0.4, 0.5) is 10.1 Å². The molecule has 2 aromatic rings. The minimum absolute atomic E-state index is 0.167. The first-order valence-corrected chi connectivity index (χ1v) is 6.91. The third-order valence-electron chi connectivity index (χ3n) is 3.07. The molecule has 106 valence electrons. The van der Waals surface area contributed by atoms with Crippen molar-refractivity contribution in [3.63, 3.8) is 0 Å². The van der Waals surface area contributed by atoms with Crippen LogP contribution in [-0.4, -0.2) is 6.61 Å². The SMILES string of the molecule is CCCOc1ccccc1NCc1ccc(C)c(F)c1. The molecule has 2 nitrogen and oxygen atoms in total. The van der Waals surface area contributed by atoms with Crippen molar-refractivity contribution in [3.8, 4) is 5.75 Å². The summed E-state index contributed by atoms with van der Waals surface area (Å²) < 4.78 is 19.2. The van der Waals surface area contributed by atoms with E-state index >= 15 is 0 Å². The number of halogens is 1. The van der Waals surface area contributed by atoms with E-state index < -0.39 is 0 Å². The highest BCUT2D eigenvalue weighted by molar-refractivity contribution is 5.56. The van der Waals surface area contributed by atoms with Gasteiger partial charge in [0.1, 0.15) is 11.6 Å². The molecule has 2 rings (SSSR count). The van der Waals surface area contributed by atoms with Crippen LogP contribution in [0.5, 0.6) is 5.75 Å². The summed E-state index contributed by atoms with van der Waals surface area (Å²) in [4.78, 5) is 0. The van der Waals surface area contributed by atoms with Crippen molar-refractivity contribution in [2.45, 2.75) is 26.8 Å². The van der Waals surface area contributed by atoms with Crippen LogP contribution in [0.3, 0.4) is 0 Å². The van der Waals surface area contributed by atoms with Gasteiger partial charge in [0.25, 0.3) is 0 Å².